The number of fused-ring (bicyclic) bond motifs is 2. The maximum absolute atomic E-state index is 13.7. The molecule has 1 amide bonds. The van der Waals surface area contributed by atoms with Crippen LogP contribution in [-0.2, 0) is 4.79 Å². The minimum Gasteiger partial charge on any atom is -0.364 e. The fourth-order valence-corrected chi connectivity index (χ4v) is 5.86. The molecule has 1 aromatic carbocycles. The first-order chi connectivity index (χ1) is 19.1. The minimum absolute atomic E-state index is 0.233. The Morgan fingerprint density at radius 2 is 1.77 bits per heavy atom. The predicted molar refractivity (Wildman–Crippen MR) is 147 cm³/mol. The number of anilines is 1. The summed E-state index contributed by atoms with van der Waals surface area (Å²) >= 11 is 1.48. The van der Waals surface area contributed by atoms with Gasteiger partial charge in [-0.15, -0.1) is 11.8 Å². The van der Waals surface area contributed by atoms with E-state index in [1.54, 1.807) is 40.6 Å². The fourth-order valence-electron chi connectivity index (χ4n) is 4.71. The van der Waals surface area contributed by atoms with Gasteiger partial charge in [0.2, 0.25) is 0 Å². The van der Waals surface area contributed by atoms with Crippen molar-refractivity contribution >= 4 is 34.8 Å². The van der Waals surface area contributed by atoms with Crippen molar-refractivity contribution < 1.29 is 9.18 Å². The molecule has 0 saturated carbocycles. The van der Waals surface area contributed by atoms with Crippen molar-refractivity contribution in [3.05, 3.63) is 114 Å². The summed E-state index contributed by atoms with van der Waals surface area (Å²) < 4.78 is 17.3. The molecule has 0 saturated heterocycles. The normalized spacial score (nSPS) is 15.3. The van der Waals surface area contributed by atoms with E-state index in [0.717, 1.165) is 22.5 Å². The highest BCUT2D eigenvalue weighted by Gasteiger charge is 2.34. The summed E-state index contributed by atoms with van der Waals surface area (Å²) in [6.07, 6.45) is 7.11. The Balaban J connectivity index is 1.36. The Morgan fingerprint density at radius 3 is 2.56 bits per heavy atom. The number of imidazole rings is 2. The number of aromatic nitrogens is 6. The highest BCUT2D eigenvalue weighted by atomic mass is 32.2. The number of hydrogen-bond donors (Lipinski definition) is 1. The summed E-state index contributed by atoms with van der Waals surface area (Å²) in [5.41, 5.74) is 11.2. The summed E-state index contributed by atoms with van der Waals surface area (Å²) in [6, 6.07) is 19.5. The third kappa shape index (κ3) is 3.91. The van der Waals surface area contributed by atoms with Crippen molar-refractivity contribution in [3.63, 3.8) is 0 Å². The number of rotatable bonds is 5. The number of benzene rings is 1. The van der Waals surface area contributed by atoms with Crippen LogP contribution in [0.1, 0.15) is 10.9 Å². The average Bonchev–Trinajstić information content (AvgIpc) is 3.68. The first-order valence-electron chi connectivity index (χ1n) is 12.0. The fraction of sp³-hybridized carbons (Fsp3) is 0.0357. The van der Waals surface area contributed by atoms with E-state index in [-0.39, 0.29) is 11.2 Å². The Hall–Kier alpha value is -5.03. The zero-order chi connectivity index (χ0) is 26.5. The van der Waals surface area contributed by atoms with Crippen LogP contribution < -0.4 is 10.6 Å². The Kier molecular flexibility index (Phi) is 5.37. The molecule has 0 spiro atoms. The van der Waals surface area contributed by atoms with Crippen LogP contribution in [0.15, 0.2) is 103 Å². The smallest absolute Gasteiger partial charge is 0.265 e. The van der Waals surface area contributed by atoms with Crippen LogP contribution in [0, 0.1) is 5.82 Å². The third-order valence-electron chi connectivity index (χ3n) is 6.49. The number of primary amides is 1. The van der Waals surface area contributed by atoms with Gasteiger partial charge in [0, 0.05) is 29.6 Å². The molecule has 0 radical (unpaired) electrons. The SMILES string of the molecule is NC(=O)C1=CSC(c2ccncc2)N1c1cn2nc(-c3c(-c4ccc(F)cc4)nc4ccccn34)ccc2n1. The molecule has 7 rings (SSSR count). The lowest BCUT2D eigenvalue weighted by atomic mass is 10.1. The van der Waals surface area contributed by atoms with E-state index < -0.39 is 5.91 Å². The molecule has 1 aliphatic heterocycles. The average molecular weight is 535 g/mol. The van der Waals surface area contributed by atoms with Crippen molar-refractivity contribution in [1.29, 1.82) is 0 Å². The number of hydrogen-bond acceptors (Lipinski definition) is 7. The Bertz CT molecular complexity index is 1900. The number of carbonyl (C=O) groups is 1. The molecular formula is C28H19FN8OS. The van der Waals surface area contributed by atoms with E-state index in [1.165, 1.54) is 23.9 Å². The molecule has 6 heterocycles. The summed E-state index contributed by atoms with van der Waals surface area (Å²) in [7, 11) is 0. The molecular weight excluding hydrogens is 515 g/mol. The number of nitrogens with two attached hydrogens (primary N) is 1. The molecule has 190 valence electrons. The lowest BCUT2D eigenvalue weighted by molar-refractivity contribution is -0.114. The van der Waals surface area contributed by atoms with Crippen molar-refractivity contribution in [3.8, 4) is 22.6 Å². The number of halogens is 1. The van der Waals surface area contributed by atoms with Gasteiger partial charge in [0.05, 0.1) is 11.9 Å². The van der Waals surface area contributed by atoms with Crippen molar-refractivity contribution in [2.75, 3.05) is 4.90 Å². The van der Waals surface area contributed by atoms with Crippen molar-refractivity contribution in [1.82, 2.24) is 29.0 Å². The lowest BCUT2D eigenvalue weighted by Crippen LogP contribution is -2.30. The maximum Gasteiger partial charge on any atom is 0.265 e. The topological polar surface area (TPSA) is 107 Å². The molecule has 5 aromatic heterocycles. The van der Waals surface area contributed by atoms with Gasteiger partial charge in [-0.2, -0.15) is 5.10 Å². The van der Waals surface area contributed by atoms with Crippen molar-refractivity contribution in [2.45, 2.75) is 5.37 Å². The zero-order valence-corrected chi connectivity index (χ0v) is 21.0. The Morgan fingerprint density at radius 1 is 0.949 bits per heavy atom. The standard InChI is InChI=1S/C28H19FN8OS/c29-19-6-4-17(5-7-19)25-26(35-14-2-1-3-22(35)33-25)20-8-9-23-32-24(15-36(23)34-20)37-21(27(30)38)16-39-28(37)18-10-12-31-13-11-18/h1-16,28H,(H2,30,38). The quantitative estimate of drug-likeness (QED) is 0.338. The number of nitrogens with zero attached hydrogens (tertiary/aromatic N) is 7. The van der Waals surface area contributed by atoms with Crippen LogP contribution in [0.25, 0.3) is 33.9 Å². The van der Waals surface area contributed by atoms with Gasteiger partial charge in [-0.25, -0.2) is 18.9 Å². The van der Waals surface area contributed by atoms with Crippen LogP contribution >= 0.6 is 11.8 Å². The summed E-state index contributed by atoms with van der Waals surface area (Å²) in [5, 5.41) is 6.39. The van der Waals surface area contributed by atoms with Gasteiger partial charge < -0.3 is 10.6 Å². The number of carbonyl (C=O) groups excluding carboxylic acids is 1. The molecule has 1 atom stereocenters. The second-order valence-electron chi connectivity index (χ2n) is 8.87. The lowest BCUT2D eigenvalue weighted by Gasteiger charge is -2.25. The molecule has 0 aliphatic carbocycles. The van der Waals surface area contributed by atoms with E-state index >= 15 is 0 Å². The second kappa shape index (κ2) is 9.07. The highest BCUT2D eigenvalue weighted by Crippen LogP contribution is 2.45. The molecule has 6 aromatic rings. The van der Waals surface area contributed by atoms with Crippen LogP contribution in [0.4, 0.5) is 10.2 Å². The molecule has 39 heavy (non-hydrogen) atoms. The highest BCUT2D eigenvalue weighted by molar-refractivity contribution is 8.02. The van der Waals surface area contributed by atoms with Gasteiger partial charge in [0.15, 0.2) is 11.5 Å². The van der Waals surface area contributed by atoms with Gasteiger partial charge in [-0.1, -0.05) is 6.07 Å². The maximum atomic E-state index is 13.7. The van der Waals surface area contributed by atoms with Gasteiger partial charge in [-0.05, 0) is 66.2 Å². The summed E-state index contributed by atoms with van der Waals surface area (Å²) in [4.78, 5) is 27.8. The second-order valence-corrected chi connectivity index (χ2v) is 9.83. The first kappa shape index (κ1) is 23.1. The number of pyridine rings is 2. The molecule has 9 nitrogen and oxygen atoms in total. The number of thioether (sulfide) groups is 1. The predicted octanol–water partition coefficient (Wildman–Crippen LogP) is 4.82. The number of amides is 1. The molecule has 2 N–H and O–H groups in total. The van der Waals surface area contributed by atoms with Crippen LogP contribution in [0.5, 0.6) is 0 Å². The van der Waals surface area contributed by atoms with Crippen LogP contribution in [0.2, 0.25) is 0 Å². The molecule has 0 bridgehead atoms. The third-order valence-corrected chi connectivity index (χ3v) is 7.59. The van der Waals surface area contributed by atoms with Gasteiger partial charge in [-0.3, -0.25) is 14.2 Å². The molecule has 11 heteroatoms. The Labute approximate surface area is 225 Å². The monoisotopic (exact) mass is 534 g/mol. The largest absolute Gasteiger partial charge is 0.364 e. The molecule has 1 aliphatic rings. The van der Waals surface area contributed by atoms with Gasteiger partial charge >= 0.3 is 0 Å². The zero-order valence-electron chi connectivity index (χ0n) is 20.2. The summed E-state index contributed by atoms with van der Waals surface area (Å²) in [6.45, 7) is 0. The van der Waals surface area contributed by atoms with E-state index in [2.05, 4.69) is 4.98 Å². The van der Waals surface area contributed by atoms with Crippen LogP contribution in [-0.4, -0.2) is 34.9 Å². The summed E-state index contributed by atoms with van der Waals surface area (Å²) in [5.74, 6) is -0.322. The van der Waals surface area contributed by atoms with Crippen molar-refractivity contribution in [2.24, 2.45) is 5.73 Å². The van der Waals surface area contributed by atoms with E-state index in [1.807, 2.05) is 58.0 Å². The molecule has 0 fully saturated rings. The van der Waals surface area contributed by atoms with Crippen LogP contribution in [0.3, 0.4) is 0 Å². The minimum atomic E-state index is -0.542. The molecule has 1 unspecified atom stereocenters. The van der Waals surface area contributed by atoms with Gasteiger partial charge in [0.1, 0.15) is 33.9 Å². The first-order valence-corrected chi connectivity index (χ1v) is 13.0. The van der Waals surface area contributed by atoms with E-state index in [9.17, 15) is 9.18 Å². The van der Waals surface area contributed by atoms with Gasteiger partial charge in [0.25, 0.3) is 5.91 Å². The van der Waals surface area contributed by atoms with E-state index in [4.69, 9.17) is 20.8 Å². The van der Waals surface area contributed by atoms with E-state index in [0.29, 0.717) is 28.5 Å².